The van der Waals surface area contributed by atoms with Gasteiger partial charge in [0.25, 0.3) is 0 Å². The molecule has 0 spiro atoms. The van der Waals surface area contributed by atoms with Crippen molar-refractivity contribution in [3.05, 3.63) is 35.4 Å². The van der Waals surface area contributed by atoms with Crippen molar-refractivity contribution in [1.29, 1.82) is 0 Å². The third kappa shape index (κ3) is 9.61. The Morgan fingerprint density at radius 2 is 1.82 bits per heavy atom. The Hall–Kier alpha value is -3.03. The highest BCUT2D eigenvalue weighted by Gasteiger charge is 2.16. The lowest BCUT2D eigenvalue weighted by molar-refractivity contribution is -0.141. The summed E-state index contributed by atoms with van der Waals surface area (Å²) in [4.78, 5) is 45.6. The number of rotatable bonds is 9. The fraction of sp³-hybridized carbons (Fsp3) is 0.450. The van der Waals surface area contributed by atoms with Gasteiger partial charge in [-0.1, -0.05) is 24.3 Å². The molecule has 0 aliphatic rings. The number of hydrogen-bond acceptors (Lipinski definition) is 7. The van der Waals surface area contributed by atoms with E-state index in [1.807, 2.05) is 0 Å². The molecule has 1 aromatic carbocycles. The molecule has 1 aromatic rings. The average molecular weight is 390 g/mol. The predicted molar refractivity (Wildman–Crippen MR) is 103 cm³/mol. The van der Waals surface area contributed by atoms with Crippen LogP contribution in [-0.4, -0.2) is 42.6 Å². The Labute approximate surface area is 164 Å². The first-order valence-electron chi connectivity index (χ1n) is 8.84. The number of hydrogen-bond donors (Lipinski definition) is 1. The quantitative estimate of drug-likeness (QED) is 0.228. The number of ketones is 1. The van der Waals surface area contributed by atoms with Crippen LogP contribution in [0.2, 0.25) is 0 Å². The lowest BCUT2D eigenvalue weighted by atomic mass is 9.96. The third-order valence-electron chi connectivity index (χ3n) is 3.44. The smallest absolute Gasteiger partial charge is 0.428 e. The molecule has 1 amide bonds. The van der Waals surface area contributed by atoms with E-state index in [1.165, 1.54) is 13.1 Å². The minimum Gasteiger partial charge on any atom is -0.466 e. The minimum absolute atomic E-state index is 0.0401. The fourth-order valence-electron chi connectivity index (χ4n) is 2.14. The molecular weight excluding hydrogens is 364 g/mol. The van der Waals surface area contributed by atoms with E-state index in [0.29, 0.717) is 23.8 Å². The summed E-state index contributed by atoms with van der Waals surface area (Å²) in [5.41, 5.74) is 2.77. The summed E-state index contributed by atoms with van der Waals surface area (Å²) < 4.78 is 9.85. The lowest BCUT2D eigenvalue weighted by Gasteiger charge is -2.18. The number of carbonyl (C=O) groups excluding carboxylic acids is 4. The largest absolute Gasteiger partial charge is 0.466 e. The van der Waals surface area contributed by atoms with Crippen LogP contribution in [0.5, 0.6) is 0 Å². The van der Waals surface area contributed by atoms with Gasteiger partial charge < -0.3 is 14.3 Å². The topological polar surface area (TPSA) is 111 Å². The van der Waals surface area contributed by atoms with Crippen LogP contribution in [-0.2, 0) is 19.1 Å². The average Bonchev–Trinajstić information content (AvgIpc) is 2.59. The number of nitrogens with one attached hydrogen (secondary N) is 1. The second-order valence-electron chi connectivity index (χ2n) is 7.15. The highest BCUT2D eigenvalue weighted by atomic mass is 16.6. The van der Waals surface area contributed by atoms with E-state index in [4.69, 9.17) is 9.47 Å². The number of nitrogens with zero attached hydrogens (tertiary/aromatic N) is 1. The van der Waals surface area contributed by atoms with Gasteiger partial charge in [-0.25, -0.2) is 10.2 Å². The number of esters is 1. The Balaban J connectivity index is 2.55. The van der Waals surface area contributed by atoms with E-state index < -0.39 is 23.6 Å². The SMILES string of the molecule is CC(=O)OCCC(C=O)CC(=O)c1ccc(C=NNC(=O)OC(C)(C)C)cc1. The van der Waals surface area contributed by atoms with E-state index in [9.17, 15) is 19.2 Å². The molecule has 0 saturated heterocycles. The Bertz CT molecular complexity index is 719. The van der Waals surface area contributed by atoms with Crippen LogP contribution in [0.1, 0.15) is 56.5 Å². The van der Waals surface area contributed by atoms with Crippen molar-refractivity contribution in [2.24, 2.45) is 11.0 Å². The van der Waals surface area contributed by atoms with Crippen molar-refractivity contribution < 1.29 is 28.7 Å². The molecule has 0 bridgehead atoms. The summed E-state index contributed by atoms with van der Waals surface area (Å²) in [6.45, 7) is 6.63. The van der Waals surface area contributed by atoms with Gasteiger partial charge in [0.05, 0.1) is 12.8 Å². The molecular formula is C20H26N2O6. The maximum Gasteiger partial charge on any atom is 0.428 e. The van der Waals surface area contributed by atoms with Crippen LogP contribution in [0.3, 0.4) is 0 Å². The molecule has 8 heteroatoms. The molecule has 152 valence electrons. The van der Waals surface area contributed by atoms with Gasteiger partial charge in [0.15, 0.2) is 5.78 Å². The van der Waals surface area contributed by atoms with Gasteiger partial charge in [-0.15, -0.1) is 0 Å². The predicted octanol–water partition coefficient (Wildman–Crippen LogP) is 2.89. The molecule has 0 saturated carbocycles. The van der Waals surface area contributed by atoms with Crippen LogP contribution < -0.4 is 5.43 Å². The molecule has 0 heterocycles. The molecule has 0 aliphatic heterocycles. The number of carbonyl (C=O) groups is 4. The molecule has 0 aromatic heterocycles. The summed E-state index contributed by atoms with van der Waals surface area (Å²) in [6.07, 6.45) is 1.80. The van der Waals surface area contributed by atoms with Crippen molar-refractivity contribution in [1.82, 2.24) is 5.43 Å². The van der Waals surface area contributed by atoms with Crippen molar-refractivity contribution in [3.63, 3.8) is 0 Å². The van der Waals surface area contributed by atoms with Crippen LogP contribution >= 0.6 is 0 Å². The number of Topliss-reactive ketones (excluding diaryl/α,β-unsaturated/α-hetero) is 1. The van der Waals surface area contributed by atoms with Crippen LogP contribution in [0.4, 0.5) is 4.79 Å². The molecule has 0 aliphatic carbocycles. The number of amides is 1. The Kier molecular flexibility index (Phi) is 9.01. The number of benzene rings is 1. The Morgan fingerprint density at radius 3 is 2.36 bits per heavy atom. The van der Waals surface area contributed by atoms with Gasteiger partial charge in [0.1, 0.15) is 11.9 Å². The maximum absolute atomic E-state index is 12.3. The lowest BCUT2D eigenvalue weighted by Crippen LogP contribution is -2.29. The number of aldehydes is 1. The second kappa shape index (κ2) is 11.0. The molecule has 1 unspecified atom stereocenters. The highest BCUT2D eigenvalue weighted by molar-refractivity contribution is 5.97. The molecule has 1 rings (SSSR count). The first-order valence-corrected chi connectivity index (χ1v) is 8.84. The zero-order valence-electron chi connectivity index (χ0n) is 16.6. The van der Waals surface area contributed by atoms with Crippen molar-refractivity contribution in [2.45, 2.75) is 46.1 Å². The number of hydrazone groups is 1. The summed E-state index contributed by atoms with van der Waals surface area (Å²) in [6, 6.07) is 6.57. The molecule has 1 N–H and O–H groups in total. The second-order valence-corrected chi connectivity index (χ2v) is 7.15. The first kappa shape index (κ1) is 23.0. The summed E-state index contributed by atoms with van der Waals surface area (Å²) in [7, 11) is 0. The molecule has 0 radical (unpaired) electrons. The summed E-state index contributed by atoms with van der Waals surface area (Å²) >= 11 is 0. The van der Waals surface area contributed by atoms with Gasteiger partial charge in [-0.3, -0.25) is 9.59 Å². The van der Waals surface area contributed by atoms with Gasteiger partial charge >= 0.3 is 12.1 Å². The van der Waals surface area contributed by atoms with E-state index in [2.05, 4.69) is 10.5 Å². The van der Waals surface area contributed by atoms with Crippen molar-refractivity contribution in [2.75, 3.05) is 6.61 Å². The molecule has 8 nitrogen and oxygen atoms in total. The van der Waals surface area contributed by atoms with Crippen LogP contribution in [0, 0.1) is 5.92 Å². The van der Waals surface area contributed by atoms with E-state index in [-0.39, 0.29) is 18.8 Å². The van der Waals surface area contributed by atoms with Gasteiger partial charge in [-0.2, -0.15) is 5.10 Å². The minimum atomic E-state index is -0.663. The summed E-state index contributed by atoms with van der Waals surface area (Å²) in [5, 5.41) is 3.79. The van der Waals surface area contributed by atoms with E-state index >= 15 is 0 Å². The van der Waals surface area contributed by atoms with Crippen molar-refractivity contribution in [3.8, 4) is 0 Å². The van der Waals surface area contributed by atoms with Crippen LogP contribution in [0.25, 0.3) is 0 Å². The summed E-state index contributed by atoms with van der Waals surface area (Å²) in [5.74, 6) is -1.12. The molecule has 28 heavy (non-hydrogen) atoms. The van der Waals surface area contributed by atoms with E-state index in [1.54, 1.807) is 45.0 Å². The van der Waals surface area contributed by atoms with Gasteiger partial charge in [0, 0.05) is 24.8 Å². The first-order chi connectivity index (χ1) is 13.1. The van der Waals surface area contributed by atoms with Crippen molar-refractivity contribution >= 4 is 30.3 Å². The molecule has 1 atom stereocenters. The van der Waals surface area contributed by atoms with E-state index in [0.717, 1.165) is 0 Å². The standard InChI is InChI=1S/C20H26N2O6/c1-14(24)27-10-9-16(13-23)11-18(25)17-7-5-15(6-8-17)12-21-22-19(26)28-20(2,3)4/h5-8,12-13,16H,9-11H2,1-4H3,(H,22,26). The Morgan fingerprint density at radius 1 is 1.18 bits per heavy atom. The highest BCUT2D eigenvalue weighted by Crippen LogP contribution is 2.13. The maximum atomic E-state index is 12.3. The number of ether oxygens (including phenoxy) is 2. The molecule has 0 fully saturated rings. The monoisotopic (exact) mass is 390 g/mol. The van der Waals surface area contributed by atoms with Gasteiger partial charge in [0.2, 0.25) is 0 Å². The third-order valence-corrected chi connectivity index (χ3v) is 3.44. The normalized spacial score (nSPS) is 12.3. The zero-order valence-corrected chi connectivity index (χ0v) is 16.6. The fourth-order valence-corrected chi connectivity index (χ4v) is 2.14. The van der Waals surface area contributed by atoms with Gasteiger partial charge in [-0.05, 0) is 32.8 Å². The zero-order chi connectivity index (χ0) is 21.2. The van der Waals surface area contributed by atoms with Crippen LogP contribution in [0.15, 0.2) is 29.4 Å².